The van der Waals surface area contributed by atoms with Gasteiger partial charge in [-0.15, -0.1) is 5.10 Å². The minimum absolute atomic E-state index is 0.924. The fourth-order valence-electron chi connectivity index (χ4n) is 1.34. The van der Waals surface area contributed by atoms with Gasteiger partial charge in [-0.05, 0) is 34.5 Å². The van der Waals surface area contributed by atoms with Gasteiger partial charge in [-0.1, -0.05) is 18.2 Å². The second-order valence-corrected chi connectivity index (χ2v) is 3.77. The van der Waals surface area contributed by atoms with Crippen LogP contribution in [0.2, 0.25) is 0 Å². The number of hydrogen-bond donors (Lipinski definition) is 0. The predicted octanol–water partition coefficient (Wildman–Crippen LogP) is 2.60. The van der Waals surface area contributed by atoms with Crippen LogP contribution in [0.1, 0.15) is 13.3 Å². The maximum Gasteiger partial charge on any atom is 0.127 e. The number of rotatable bonds is 2. The van der Waals surface area contributed by atoms with Crippen molar-refractivity contribution in [3.63, 3.8) is 0 Å². The summed E-state index contributed by atoms with van der Waals surface area (Å²) in [4.78, 5) is 0. The molecular weight excluding hydrogens is 230 g/mol. The standard InChI is InChI=1S/C9H10BrN3/c1-2-6-13-8-5-3-4-7(10)9(8)11-12-13/h3-5H,2,6H2,1H3. The summed E-state index contributed by atoms with van der Waals surface area (Å²) in [7, 11) is 0. The summed E-state index contributed by atoms with van der Waals surface area (Å²) in [5, 5.41) is 8.19. The Morgan fingerprint density at radius 1 is 1.46 bits per heavy atom. The molecule has 1 heterocycles. The van der Waals surface area contributed by atoms with Gasteiger partial charge in [0.15, 0.2) is 0 Å². The Hall–Kier alpha value is -0.900. The molecule has 0 fully saturated rings. The SMILES string of the molecule is CCCn1nnc2c(Br)cccc21. The van der Waals surface area contributed by atoms with Crippen LogP contribution in [0.5, 0.6) is 0 Å². The van der Waals surface area contributed by atoms with Crippen LogP contribution in [0.4, 0.5) is 0 Å². The lowest BCUT2D eigenvalue weighted by Gasteiger charge is -1.97. The van der Waals surface area contributed by atoms with E-state index in [1.165, 1.54) is 0 Å². The molecule has 0 amide bonds. The first-order valence-electron chi connectivity index (χ1n) is 4.30. The molecular formula is C9H10BrN3. The van der Waals surface area contributed by atoms with E-state index >= 15 is 0 Å². The Labute approximate surface area is 84.9 Å². The molecule has 1 aromatic carbocycles. The molecule has 0 aliphatic heterocycles. The molecule has 2 rings (SSSR count). The highest BCUT2D eigenvalue weighted by Gasteiger charge is 2.05. The molecule has 0 bridgehead atoms. The van der Waals surface area contributed by atoms with E-state index in [1.807, 2.05) is 22.9 Å². The van der Waals surface area contributed by atoms with Gasteiger partial charge >= 0.3 is 0 Å². The average Bonchev–Trinajstić information content (AvgIpc) is 2.51. The molecule has 0 saturated heterocycles. The fourth-order valence-corrected chi connectivity index (χ4v) is 1.77. The van der Waals surface area contributed by atoms with Crippen molar-refractivity contribution in [1.29, 1.82) is 0 Å². The highest BCUT2D eigenvalue weighted by molar-refractivity contribution is 9.10. The molecule has 0 unspecified atom stereocenters. The zero-order chi connectivity index (χ0) is 9.26. The second kappa shape index (κ2) is 3.46. The summed E-state index contributed by atoms with van der Waals surface area (Å²) in [6.07, 6.45) is 1.07. The fraction of sp³-hybridized carbons (Fsp3) is 0.333. The number of aryl methyl sites for hydroxylation is 1. The van der Waals surface area contributed by atoms with Crippen LogP contribution in [0.3, 0.4) is 0 Å². The van der Waals surface area contributed by atoms with Crippen molar-refractivity contribution < 1.29 is 0 Å². The second-order valence-electron chi connectivity index (χ2n) is 2.92. The molecule has 0 aliphatic carbocycles. The van der Waals surface area contributed by atoms with Gasteiger partial charge in [-0.3, -0.25) is 0 Å². The Bertz CT molecular complexity index is 422. The van der Waals surface area contributed by atoms with E-state index < -0.39 is 0 Å². The van der Waals surface area contributed by atoms with Gasteiger partial charge in [0.25, 0.3) is 0 Å². The number of aromatic nitrogens is 3. The van der Waals surface area contributed by atoms with Gasteiger partial charge < -0.3 is 0 Å². The Balaban J connectivity index is 2.61. The van der Waals surface area contributed by atoms with E-state index in [9.17, 15) is 0 Å². The summed E-state index contributed by atoms with van der Waals surface area (Å²) in [6.45, 7) is 3.05. The lowest BCUT2D eigenvalue weighted by molar-refractivity contribution is 0.596. The number of hydrogen-bond acceptors (Lipinski definition) is 2. The molecule has 3 nitrogen and oxygen atoms in total. The van der Waals surface area contributed by atoms with Crippen LogP contribution in [-0.4, -0.2) is 15.0 Å². The van der Waals surface area contributed by atoms with E-state index in [0.29, 0.717) is 0 Å². The minimum Gasteiger partial charge on any atom is -0.245 e. The highest BCUT2D eigenvalue weighted by Crippen LogP contribution is 2.20. The van der Waals surface area contributed by atoms with Crippen LogP contribution in [0.25, 0.3) is 11.0 Å². The molecule has 0 saturated carbocycles. The van der Waals surface area contributed by atoms with Crippen LogP contribution in [0.15, 0.2) is 22.7 Å². The Morgan fingerprint density at radius 2 is 2.31 bits per heavy atom. The lowest BCUT2D eigenvalue weighted by atomic mass is 10.3. The van der Waals surface area contributed by atoms with Crippen molar-refractivity contribution >= 4 is 27.0 Å². The monoisotopic (exact) mass is 239 g/mol. The van der Waals surface area contributed by atoms with Crippen LogP contribution in [0, 0.1) is 0 Å². The molecule has 4 heteroatoms. The summed E-state index contributed by atoms with van der Waals surface area (Å²) >= 11 is 3.45. The number of benzene rings is 1. The molecule has 0 radical (unpaired) electrons. The van der Waals surface area contributed by atoms with Crippen molar-refractivity contribution in [2.24, 2.45) is 0 Å². The largest absolute Gasteiger partial charge is 0.245 e. The van der Waals surface area contributed by atoms with E-state index in [1.54, 1.807) is 0 Å². The van der Waals surface area contributed by atoms with Crippen LogP contribution >= 0.6 is 15.9 Å². The molecule has 0 N–H and O–H groups in total. The van der Waals surface area contributed by atoms with E-state index in [2.05, 4.69) is 33.2 Å². The first-order valence-corrected chi connectivity index (χ1v) is 5.10. The number of halogens is 1. The third kappa shape index (κ3) is 1.46. The third-order valence-electron chi connectivity index (χ3n) is 1.93. The van der Waals surface area contributed by atoms with Gasteiger partial charge in [0.1, 0.15) is 5.52 Å². The van der Waals surface area contributed by atoms with Gasteiger partial charge in [-0.2, -0.15) is 0 Å². The molecule has 1 aromatic heterocycles. The Morgan fingerprint density at radius 3 is 3.08 bits per heavy atom. The molecule has 13 heavy (non-hydrogen) atoms. The third-order valence-corrected chi connectivity index (χ3v) is 2.57. The highest BCUT2D eigenvalue weighted by atomic mass is 79.9. The molecule has 0 aliphatic rings. The first-order chi connectivity index (χ1) is 6.33. The van der Waals surface area contributed by atoms with Crippen molar-refractivity contribution in [3.8, 4) is 0 Å². The number of nitrogens with zero attached hydrogens (tertiary/aromatic N) is 3. The zero-order valence-corrected chi connectivity index (χ0v) is 8.95. The first kappa shape index (κ1) is 8.69. The Kier molecular flexibility index (Phi) is 2.31. The smallest absolute Gasteiger partial charge is 0.127 e. The zero-order valence-electron chi connectivity index (χ0n) is 7.37. The van der Waals surface area contributed by atoms with Gasteiger partial charge in [0.05, 0.1) is 5.52 Å². The van der Waals surface area contributed by atoms with Crippen LogP contribution < -0.4 is 0 Å². The molecule has 0 atom stereocenters. The predicted molar refractivity (Wildman–Crippen MR) is 55.5 cm³/mol. The summed E-state index contributed by atoms with van der Waals surface area (Å²) in [5.74, 6) is 0. The van der Waals surface area contributed by atoms with E-state index in [4.69, 9.17) is 0 Å². The molecule has 68 valence electrons. The lowest BCUT2D eigenvalue weighted by Crippen LogP contribution is -1.98. The van der Waals surface area contributed by atoms with Gasteiger partial charge in [0.2, 0.25) is 0 Å². The van der Waals surface area contributed by atoms with Crippen molar-refractivity contribution in [2.75, 3.05) is 0 Å². The van der Waals surface area contributed by atoms with E-state index in [0.717, 1.165) is 28.5 Å². The van der Waals surface area contributed by atoms with Crippen molar-refractivity contribution in [1.82, 2.24) is 15.0 Å². The summed E-state index contributed by atoms with van der Waals surface area (Å²) in [6, 6.07) is 6.02. The maximum absolute atomic E-state index is 4.10. The van der Waals surface area contributed by atoms with Crippen LogP contribution in [-0.2, 0) is 6.54 Å². The normalized spacial score (nSPS) is 10.9. The van der Waals surface area contributed by atoms with Crippen molar-refractivity contribution in [2.45, 2.75) is 19.9 Å². The summed E-state index contributed by atoms with van der Waals surface area (Å²) < 4.78 is 2.94. The van der Waals surface area contributed by atoms with Gasteiger partial charge in [0, 0.05) is 11.0 Å². The molecule has 2 aromatic rings. The average molecular weight is 240 g/mol. The molecule has 0 spiro atoms. The topological polar surface area (TPSA) is 30.7 Å². The van der Waals surface area contributed by atoms with Crippen molar-refractivity contribution in [3.05, 3.63) is 22.7 Å². The quantitative estimate of drug-likeness (QED) is 0.807. The van der Waals surface area contributed by atoms with Gasteiger partial charge in [-0.25, -0.2) is 4.68 Å². The number of fused-ring (bicyclic) bond motifs is 1. The maximum atomic E-state index is 4.10. The minimum atomic E-state index is 0.924. The summed E-state index contributed by atoms with van der Waals surface area (Å²) in [5.41, 5.74) is 2.03. The van der Waals surface area contributed by atoms with E-state index in [-0.39, 0.29) is 0 Å².